The molecular formula is C18H14BrN5O3. The molecule has 0 saturated carbocycles. The van der Waals surface area contributed by atoms with Crippen LogP contribution in [0.25, 0.3) is 27.9 Å². The number of nitrogens with one attached hydrogen (secondary N) is 1. The monoisotopic (exact) mass is 427 g/mol. The molecule has 27 heavy (non-hydrogen) atoms. The second kappa shape index (κ2) is 6.84. The minimum atomic E-state index is -0.993. The lowest BCUT2D eigenvalue weighted by atomic mass is 10.2. The van der Waals surface area contributed by atoms with Crippen molar-refractivity contribution in [2.45, 2.75) is 0 Å². The molecular weight excluding hydrogens is 414 g/mol. The lowest BCUT2D eigenvalue weighted by molar-refractivity contribution is -0.134. The molecule has 0 amide bonds. The molecule has 2 aromatic carbocycles. The van der Waals surface area contributed by atoms with E-state index in [0.717, 1.165) is 21.2 Å². The van der Waals surface area contributed by atoms with E-state index in [9.17, 15) is 4.79 Å². The van der Waals surface area contributed by atoms with Crippen molar-refractivity contribution in [1.82, 2.24) is 19.6 Å². The van der Waals surface area contributed by atoms with Crippen molar-refractivity contribution in [3.63, 3.8) is 0 Å². The number of aromatic nitrogens is 4. The van der Waals surface area contributed by atoms with Gasteiger partial charge >= 0.3 is 5.97 Å². The molecule has 0 radical (unpaired) electrons. The Morgan fingerprint density at radius 3 is 2.70 bits per heavy atom. The summed E-state index contributed by atoms with van der Waals surface area (Å²) < 4.78 is 7.49. The number of para-hydroxylation sites is 1. The van der Waals surface area contributed by atoms with Crippen molar-refractivity contribution in [1.29, 1.82) is 0 Å². The van der Waals surface area contributed by atoms with Crippen LogP contribution in [-0.4, -0.2) is 44.3 Å². The van der Waals surface area contributed by atoms with Gasteiger partial charge in [0.05, 0.1) is 12.6 Å². The topological polar surface area (TPSA) is 102 Å². The number of carboxylic acids is 1. The lowest BCUT2D eigenvalue weighted by Gasteiger charge is -2.08. The molecule has 0 saturated heterocycles. The number of aliphatic carboxylic acids is 1. The van der Waals surface area contributed by atoms with Crippen molar-refractivity contribution >= 4 is 44.4 Å². The maximum atomic E-state index is 11.0. The highest BCUT2D eigenvalue weighted by Gasteiger charge is 2.16. The number of fused-ring (bicyclic) bond motifs is 3. The first-order chi connectivity index (χ1) is 13.1. The van der Waals surface area contributed by atoms with Crippen molar-refractivity contribution in [3.8, 4) is 17.1 Å². The fraction of sp³-hybridized carbons (Fsp3) is 0.111. The first-order valence-corrected chi connectivity index (χ1v) is 8.81. The van der Waals surface area contributed by atoms with Gasteiger partial charge in [-0.15, -0.1) is 5.10 Å². The summed E-state index contributed by atoms with van der Waals surface area (Å²) in [5.74, 6) is 0.555. The van der Waals surface area contributed by atoms with Gasteiger partial charge in [-0.2, -0.15) is 4.52 Å². The summed E-state index contributed by atoms with van der Waals surface area (Å²) >= 11 is 3.49. The summed E-state index contributed by atoms with van der Waals surface area (Å²) in [5.41, 5.74) is 2.07. The molecule has 0 unspecified atom stereocenters. The van der Waals surface area contributed by atoms with Crippen LogP contribution in [0.15, 0.2) is 46.9 Å². The Morgan fingerprint density at radius 2 is 2.00 bits per heavy atom. The van der Waals surface area contributed by atoms with Gasteiger partial charge in [-0.1, -0.05) is 6.07 Å². The van der Waals surface area contributed by atoms with E-state index in [1.807, 2.05) is 42.5 Å². The number of halogens is 1. The molecule has 2 N–H and O–H groups in total. The average Bonchev–Trinajstić information content (AvgIpc) is 3.12. The van der Waals surface area contributed by atoms with E-state index in [0.29, 0.717) is 22.9 Å². The van der Waals surface area contributed by atoms with Gasteiger partial charge in [0, 0.05) is 15.4 Å². The van der Waals surface area contributed by atoms with Crippen molar-refractivity contribution in [2.24, 2.45) is 0 Å². The van der Waals surface area contributed by atoms with Gasteiger partial charge in [-0.3, -0.25) is 4.79 Å². The van der Waals surface area contributed by atoms with Crippen molar-refractivity contribution in [2.75, 3.05) is 19.0 Å². The van der Waals surface area contributed by atoms with E-state index < -0.39 is 5.97 Å². The number of methoxy groups -OCH3 is 1. The predicted octanol–water partition coefficient (Wildman–Crippen LogP) is 3.21. The number of hydrogen-bond donors (Lipinski definition) is 2. The highest BCUT2D eigenvalue weighted by molar-refractivity contribution is 9.10. The molecule has 0 aliphatic rings. The van der Waals surface area contributed by atoms with Gasteiger partial charge in [0.2, 0.25) is 5.95 Å². The molecule has 0 aliphatic carbocycles. The molecule has 0 spiro atoms. The highest BCUT2D eigenvalue weighted by Crippen LogP contribution is 2.29. The third-order valence-electron chi connectivity index (χ3n) is 4.00. The molecule has 9 heteroatoms. The van der Waals surface area contributed by atoms with Gasteiger partial charge in [-0.25, -0.2) is 9.97 Å². The molecule has 4 aromatic rings. The lowest BCUT2D eigenvalue weighted by Crippen LogP contribution is -2.16. The first-order valence-electron chi connectivity index (χ1n) is 8.02. The summed E-state index contributed by atoms with van der Waals surface area (Å²) in [6.45, 7) is -0.282. The summed E-state index contributed by atoms with van der Waals surface area (Å²) in [5, 5.41) is 17.1. The molecule has 0 atom stereocenters. The Labute approximate surface area is 161 Å². The fourth-order valence-electron chi connectivity index (χ4n) is 2.73. The van der Waals surface area contributed by atoms with Crippen LogP contribution in [0.4, 0.5) is 5.95 Å². The molecule has 136 valence electrons. The van der Waals surface area contributed by atoms with E-state index in [1.54, 1.807) is 7.11 Å². The molecule has 0 bridgehead atoms. The zero-order valence-corrected chi connectivity index (χ0v) is 15.8. The Kier molecular flexibility index (Phi) is 4.36. The quantitative estimate of drug-likeness (QED) is 0.503. The Balaban J connectivity index is 1.93. The Bertz CT molecular complexity index is 1160. The SMILES string of the molecule is COc1ccc(-c2nc3c4cccc(Br)c4nc(NCC(=O)O)n3n2)cc1. The van der Waals surface area contributed by atoms with E-state index in [1.165, 1.54) is 4.52 Å². The zero-order valence-electron chi connectivity index (χ0n) is 14.2. The minimum absolute atomic E-state index is 0.282. The summed E-state index contributed by atoms with van der Waals surface area (Å²) in [7, 11) is 1.61. The number of anilines is 1. The van der Waals surface area contributed by atoms with Gasteiger partial charge in [0.15, 0.2) is 11.5 Å². The normalized spacial score (nSPS) is 11.0. The Morgan fingerprint density at radius 1 is 1.22 bits per heavy atom. The Hall–Kier alpha value is -3.20. The molecule has 8 nitrogen and oxygen atoms in total. The van der Waals surface area contributed by atoms with Crippen molar-refractivity contribution in [3.05, 3.63) is 46.9 Å². The molecule has 0 aliphatic heterocycles. The third kappa shape index (κ3) is 3.17. The summed E-state index contributed by atoms with van der Waals surface area (Å²) in [4.78, 5) is 20.2. The number of rotatable bonds is 5. The van der Waals surface area contributed by atoms with Crippen LogP contribution < -0.4 is 10.1 Å². The molecule has 4 rings (SSSR count). The smallest absolute Gasteiger partial charge is 0.322 e. The van der Waals surface area contributed by atoms with Gasteiger partial charge < -0.3 is 15.2 Å². The standard InChI is InChI=1S/C18H14BrN5O3/c1-27-11-7-5-10(6-8-11)16-22-17-12-3-2-4-13(19)15(12)21-18(24(17)23-16)20-9-14(25)26/h2-8H,9H2,1H3,(H,20,21)(H,25,26). The third-order valence-corrected chi connectivity index (χ3v) is 4.64. The largest absolute Gasteiger partial charge is 0.497 e. The molecule has 2 aromatic heterocycles. The minimum Gasteiger partial charge on any atom is -0.497 e. The predicted molar refractivity (Wildman–Crippen MR) is 104 cm³/mol. The first kappa shape index (κ1) is 17.2. The fourth-order valence-corrected chi connectivity index (χ4v) is 3.18. The number of nitrogens with zero attached hydrogens (tertiary/aromatic N) is 4. The summed E-state index contributed by atoms with van der Waals surface area (Å²) in [6.07, 6.45) is 0. The second-order valence-electron chi connectivity index (χ2n) is 5.72. The number of ether oxygens (including phenoxy) is 1. The van der Waals surface area contributed by atoms with Crippen LogP contribution in [0.3, 0.4) is 0 Å². The maximum Gasteiger partial charge on any atom is 0.322 e. The summed E-state index contributed by atoms with van der Waals surface area (Å²) in [6, 6.07) is 13.0. The van der Waals surface area contributed by atoms with Gasteiger partial charge in [0.1, 0.15) is 12.3 Å². The van der Waals surface area contributed by atoms with E-state index in [-0.39, 0.29) is 6.54 Å². The number of carbonyl (C=O) groups is 1. The van der Waals surface area contributed by atoms with E-state index >= 15 is 0 Å². The van der Waals surface area contributed by atoms with Gasteiger partial charge in [-0.05, 0) is 52.3 Å². The molecule has 2 heterocycles. The number of carboxylic acid groups (broad SMARTS) is 1. The average molecular weight is 428 g/mol. The zero-order chi connectivity index (χ0) is 19.0. The number of benzene rings is 2. The van der Waals surface area contributed by atoms with Gasteiger partial charge in [0.25, 0.3) is 0 Å². The highest BCUT2D eigenvalue weighted by atomic mass is 79.9. The molecule has 0 fully saturated rings. The van der Waals surface area contributed by atoms with Crippen molar-refractivity contribution < 1.29 is 14.6 Å². The second-order valence-corrected chi connectivity index (χ2v) is 6.57. The van der Waals surface area contributed by atoms with Crippen LogP contribution in [0, 0.1) is 0 Å². The van der Waals surface area contributed by atoms with E-state index in [2.05, 4.69) is 36.3 Å². The van der Waals surface area contributed by atoms with Crippen LogP contribution in [0.5, 0.6) is 5.75 Å². The van der Waals surface area contributed by atoms with Crippen LogP contribution in [0.2, 0.25) is 0 Å². The van der Waals surface area contributed by atoms with Crippen LogP contribution >= 0.6 is 15.9 Å². The van der Waals surface area contributed by atoms with E-state index in [4.69, 9.17) is 9.84 Å². The number of hydrogen-bond acceptors (Lipinski definition) is 6. The van der Waals surface area contributed by atoms with Crippen LogP contribution in [-0.2, 0) is 4.79 Å². The van der Waals surface area contributed by atoms with Crippen LogP contribution in [0.1, 0.15) is 0 Å². The maximum absolute atomic E-state index is 11.0.